The van der Waals surface area contributed by atoms with E-state index in [1.807, 2.05) is 0 Å². The SMILES string of the molecule is O=[N+]([O-])N(CC(F)([N+](=O)[O-])[N+](=O)[O-])CC([N+](=O)[O-])([N+](=O)[O-])[N+](=O)[O-]. The fraction of sp³-hybridized carbons (Fsp3) is 1.00. The number of hydrogen-bond acceptors (Lipinski definition) is 12. The Morgan fingerprint density at radius 1 is 0.667 bits per heavy atom. The predicted molar refractivity (Wildman–Crippen MR) is 60.1 cm³/mol. The highest BCUT2D eigenvalue weighted by atomic mass is 19.2. The summed E-state index contributed by atoms with van der Waals surface area (Å²) in [5, 5.41) is 60.1. The molecule has 24 heavy (non-hydrogen) atoms. The third-order valence-corrected chi connectivity index (χ3v) is 2.45. The lowest BCUT2D eigenvalue weighted by molar-refractivity contribution is -0.974. The zero-order chi connectivity index (χ0) is 19.5. The van der Waals surface area contributed by atoms with E-state index in [4.69, 9.17) is 0 Å². The molecule has 0 amide bonds. The summed E-state index contributed by atoms with van der Waals surface area (Å²) in [6.45, 7) is -4.91. The first-order valence-electron chi connectivity index (χ1n) is 5.04. The van der Waals surface area contributed by atoms with E-state index < -0.39 is 59.5 Å². The lowest BCUT2D eigenvalue weighted by Gasteiger charge is -2.16. The Bertz CT molecular complexity index is 568. The molecule has 0 aromatic heterocycles. The van der Waals surface area contributed by atoms with Crippen molar-refractivity contribution in [3.05, 3.63) is 60.7 Å². The van der Waals surface area contributed by atoms with E-state index in [-0.39, 0.29) is 0 Å². The van der Waals surface area contributed by atoms with E-state index in [2.05, 4.69) is 0 Å². The Labute approximate surface area is 126 Å². The second kappa shape index (κ2) is 6.49. The molecule has 0 rings (SSSR count). The highest BCUT2D eigenvalue weighted by molar-refractivity contribution is 4.63. The number of nitrogens with zero attached hydrogens (tertiary/aromatic N) is 7. The zero-order valence-electron chi connectivity index (χ0n) is 10.8. The molecular weight excluding hydrogens is 357 g/mol. The smallest absolute Gasteiger partial charge is 0.256 e. The number of rotatable bonds is 10. The van der Waals surface area contributed by atoms with Crippen LogP contribution in [0.5, 0.6) is 0 Å². The molecule has 20 heteroatoms. The number of hydrogen-bond donors (Lipinski definition) is 0. The second-order valence-corrected chi connectivity index (χ2v) is 3.84. The average molecular weight is 361 g/mol. The van der Waals surface area contributed by atoms with Crippen molar-refractivity contribution < 1.29 is 34.0 Å². The Balaban J connectivity index is 6.03. The van der Waals surface area contributed by atoms with Crippen LogP contribution in [0.25, 0.3) is 0 Å². The van der Waals surface area contributed by atoms with Crippen LogP contribution in [-0.4, -0.2) is 59.5 Å². The molecule has 0 spiro atoms. The molecule has 0 radical (unpaired) electrons. The molecule has 0 fully saturated rings. The van der Waals surface area contributed by atoms with E-state index >= 15 is 0 Å². The molecule has 0 aliphatic rings. The van der Waals surface area contributed by atoms with Crippen LogP contribution in [0.4, 0.5) is 4.39 Å². The molecule has 0 bridgehead atoms. The average Bonchev–Trinajstić information content (AvgIpc) is 2.40. The van der Waals surface area contributed by atoms with E-state index in [1.54, 1.807) is 0 Å². The molecule has 0 N–H and O–H groups in total. The Morgan fingerprint density at radius 2 is 1.00 bits per heavy atom. The molecule has 0 saturated heterocycles. The normalized spacial score (nSPS) is 11.4. The number of alkyl halides is 1. The quantitative estimate of drug-likeness (QED) is 0.179. The maximum atomic E-state index is 13.6. The third kappa shape index (κ3) is 3.30. The predicted octanol–water partition coefficient (Wildman–Crippen LogP) is -1.86. The standard InChI is InChI=1S/C4H4FN7O12/c5-3(7(13)14,8(15)16)1-6(12(23)24)2-4(9(17)18,10(19)20)11(21)22/h1-2H2. The van der Waals surface area contributed by atoms with Crippen molar-refractivity contribution in [3.8, 4) is 0 Å². The number of nitro groups is 6. The van der Waals surface area contributed by atoms with Crippen molar-refractivity contribution in [3.63, 3.8) is 0 Å². The number of hydrazine groups is 1. The summed E-state index contributed by atoms with van der Waals surface area (Å²) in [4.78, 5) is 52.0. The minimum absolute atomic E-state index is 1.07. The summed E-state index contributed by atoms with van der Waals surface area (Å²) in [5.74, 6) is -9.32. The first-order valence-corrected chi connectivity index (χ1v) is 5.04. The van der Waals surface area contributed by atoms with Gasteiger partial charge in [0.1, 0.15) is 9.85 Å². The van der Waals surface area contributed by atoms with Crippen molar-refractivity contribution in [2.24, 2.45) is 0 Å². The van der Waals surface area contributed by atoms with Gasteiger partial charge in [-0.2, -0.15) is 0 Å². The van der Waals surface area contributed by atoms with Gasteiger partial charge in [0.15, 0.2) is 19.8 Å². The largest absolute Gasteiger partial charge is 0.723 e. The van der Waals surface area contributed by atoms with Gasteiger partial charge in [-0.3, -0.25) is 50.6 Å². The summed E-state index contributed by atoms with van der Waals surface area (Å²) in [5.41, 5.74) is 0. The monoisotopic (exact) mass is 361 g/mol. The third-order valence-electron chi connectivity index (χ3n) is 2.45. The van der Waals surface area contributed by atoms with Gasteiger partial charge in [0.2, 0.25) is 0 Å². The highest BCUT2D eigenvalue weighted by Gasteiger charge is 2.75. The van der Waals surface area contributed by atoms with Crippen molar-refractivity contribution in [1.82, 2.24) is 5.01 Å². The summed E-state index contributed by atoms with van der Waals surface area (Å²) in [6.07, 6.45) is 0. The molecule has 0 aliphatic carbocycles. The van der Waals surface area contributed by atoms with Gasteiger partial charge >= 0.3 is 11.7 Å². The van der Waals surface area contributed by atoms with Gasteiger partial charge in [-0.05, 0) is 0 Å². The van der Waals surface area contributed by atoms with E-state index in [9.17, 15) is 65.1 Å². The first kappa shape index (κ1) is 20.1. The van der Waals surface area contributed by atoms with Crippen LogP contribution in [0.1, 0.15) is 0 Å². The van der Waals surface area contributed by atoms with Gasteiger partial charge in [-0.15, -0.1) is 0 Å². The molecule has 134 valence electrons. The van der Waals surface area contributed by atoms with E-state index in [0.29, 0.717) is 0 Å². The summed E-state index contributed by atoms with van der Waals surface area (Å²) in [6, 6.07) is 0. The van der Waals surface area contributed by atoms with Crippen LogP contribution in [0.3, 0.4) is 0 Å². The van der Waals surface area contributed by atoms with Crippen LogP contribution in [0.2, 0.25) is 0 Å². The Morgan fingerprint density at radius 3 is 1.21 bits per heavy atom. The van der Waals surface area contributed by atoms with Gasteiger partial charge in [-0.1, -0.05) is 9.40 Å². The molecule has 19 nitrogen and oxygen atoms in total. The minimum Gasteiger partial charge on any atom is -0.256 e. The van der Waals surface area contributed by atoms with Crippen LogP contribution in [0, 0.1) is 60.7 Å². The second-order valence-electron chi connectivity index (χ2n) is 3.84. The van der Waals surface area contributed by atoms with Crippen LogP contribution < -0.4 is 0 Å². The fourth-order valence-electron chi connectivity index (χ4n) is 1.20. The van der Waals surface area contributed by atoms with Crippen molar-refractivity contribution >= 4 is 0 Å². The fourth-order valence-corrected chi connectivity index (χ4v) is 1.20. The summed E-state index contributed by atoms with van der Waals surface area (Å²) < 4.78 is 13.6. The highest BCUT2D eigenvalue weighted by Crippen LogP contribution is 2.20. The minimum atomic E-state index is -4.80. The van der Waals surface area contributed by atoms with Gasteiger partial charge in [0, 0.05) is 0 Å². The van der Waals surface area contributed by atoms with Crippen molar-refractivity contribution in [1.29, 1.82) is 0 Å². The maximum absolute atomic E-state index is 13.6. The van der Waals surface area contributed by atoms with Crippen LogP contribution in [0.15, 0.2) is 0 Å². The van der Waals surface area contributed by atoms with Crippen LogP contribution in [-0.2, 0) is 0 Å². The van der Waals surface area contributed by atoms with Crippen molar-refractivity contribution in [2.75, 3.05) is 13.1 Å². The summed E-state index contributed by atoms with van der Waals surface area (Å²) in [7, 11) is 0. The molecule has 0 atom stereocenters. The van der Waals surface area contributed by atoms with E-state index in [0.717, 1.165) is 0 Å². The lowest BCUT2D eigenvalue weighted by Crippen LogP contribution is -2.63. The molecule has 0 aromatic rings. The van der Waals surface area contributed by atoms with Gasteiger partial charge in [0.05, 0.1) is 0 Å². The van der Waals surface area contributed by atoms with Crippen LogP contribution >= 0.6 is 0 Å². The van der Waals surface area contributed by atoms with Crippen molar-refractivity contribution in [2.45, 2.75) is 11.7 Å². The zero-order valence-corrected chi connectivity index (χ0v) is 10.8. The molecular formula is C4H4FN7O12. The molecule has 0 saturated carbocycles. The molecule has 0 heterocycles. The first-order chi connectivity index (χ1) is 10.7. The summed E-state index contributed by atoms with van der Waals surface area (Å²) >= 11 is 0. The van der Waals surface area contributed by atoms with Gasteiger partial charge in [0.25, 0.3) is 13.1 Å². The Hall–Kier alpha value is -3.87. The van der Waals surface area contributed by atoms with Gasteiger partial charge < -0.3 is 0 Å². The Kier molecular flexibility index (Phi) is 5.44. The topological polar surface area (TPSA) is 262 Å². The molecule has 0 aliphatic heterocycles. The van der Waals surface area contributed by atoms with Gasteiger partial charge in [-0.25, -0.2) is 10.1 Å². The van der Waals surface area contributed by atoms with E-state index in [1.165, 1.54) is 0 Å². The molecule has 0 aromatic carbocycles. The lowest BCUT2D eigenvalue weighted by atomic mass is 10.3. The number of halogens is 1. The molecule has 0 unspecified atom stereocenters. The maximum Gasteiger partial charge on any atom is 0.723 e.